The Kier molecular flexibility index (Phi) is 1.99. The van der Waals surface area contributed by atoms with Gasteiger partial charge < -0.3 is 19.5 Å². The number of carbonyl (C=O) groups is 2. The number of nitrogens with one attached hydrogen (secondary N) is 1. The van der Waals surface area contributed by atoms with E-state index < -0.39 is 6.10 Å². The monoisotopic (exact) mass is 227 g/mol. The second-order valence-corrected chi connectivity index (χ2v) is 4.43. The number of epoxide rings is 2. The second-order valence-electron chi connectivity index (χ2n) is 4.43. The first-order chi connectivity index (χ1) is 7.58. The highest BCUT2D eigenvalue weighted by atomic mass is 16.7. The number of esters is 1. The smallest absolute Gasteiger partial charge is 0.303 e. The van der Waals surface area contributed by atoms with E-state index >= 15 is 0 Å². The van der Waals surface area contributed by atoms with E-state index in [0.29, 0.717) is 0 Å². The van der Waals surface area contributed by atoms with Crippen LogP contribution in [0.3, 0.4) is 0 Å². The molecule has 16 heavy (non-hydrogen) atoms. The summed E-state index contributed by atoms with van der Waals surface area (Å²) >= 11 is 0. The molecule has 3 aliphatic rings. The Morgan fingerprint density at radius 2 is 1.69 bits per heavy atom. The van der Waals surface area contributed by atoms with E-state index in [1.54, 1.807) is 0 Å². The Labute approximate surface area is 92.2 Å². The molecule has 3 fully saturated rings. The average molecular weight is 227 g/mol. The molecule has 88 valence electrons. The minimum atomic E-state index is -0.421. The Morgan fingerprint density at radius 3 is 2.31 bits per heavy atom. The molecule has 2 saturated heterocycles. The number of rotatable bonds is 2. The zero-order valence-electron chi connectivity index (χ0n) is 9.01. The van der Waals surface area contributed by atoms with Gasteiger partial charge in [-0.05, 0) is 0 Å². The van der Waals surface area contributed by atoms with Crippen molar-refractivity contribution in [1.29, 1.82) is 0 Å². The van der Waals surface area contributed by atoms with E-state index in [1.165, 1.54) is 13.8 Å². The van der Waals surface area contributed by atoms with Gasteiger partial charge in [-0.2, -0.15) is 0 Å². The van der Waals surface area contributed by atoms with Crippen molar-refractivity contribution in [2.75, 3.05) is 0 Å². The van der Waals surface area contributed by atoms with Crippen LogP contribution in [0.1, 0.15) is 13.8 Å². The van der Waals surface area contributed by atoms with Crippen molar-refractivity contribution in [1.82, 2.24) is 5.32 Å². The van der Waals surface area contributed by atoms with Crippen molar-refractivity contribution in [2.45, 2.75) is 50.4 Å². The van der Waals surface area contributed by atoms with Crippen molar-refractivity contribution in [3.8, 4) is 0 Å². The number of hydrogen-bond donors (Lipinski definition) is 1. The summed E-state index contributed by atoms with van der Waals surface area (Å²) in [6, 6.07) is -0.282. The largest absolute Gasteiger partial charge is 0.457 e. The van der Waals surface area contributed by atoms with Gasteiger partial charge in [-0.15, -0.1) is 0 Å². The molecular weight excluding hydrogens is 214 g/mol. The molecule has 0 unspecified atom stereocenters. The third kappa shape index (κ3) is 1.49. The van der Waals surface area contributed by atoms with Crippen molar-refractivity contribution < 1.29 is 23.8 Å². The Balaban J connectivity index is 1.76. The van der Waals surface area contributed by atoms with Crippen LogP contribution in [0.2, 0.25) is 0 Å². The third-order valence-electron chi connectivity index (χ3n) is 3.15. The standard InChI is InChI=1S/C10H13NO5/c1-3(12)11-5-6(14-4(2)13)8-10(16-8)9-7(5)15-9/h5-10H,1-2H3,(H,11,12)/t5-,6-,7-,8+,9-,10-/m0/s1. The minimum absolute atomic E-state index is 0.0411. The quantitative estimate of drug-likeness (QED) is 0.482. The van der Waals surface area contributed by atoms with Gasteiger partial charge in [0.2, 0.25) is 5.91 Å². The zero-order valence-corrected chi connectivity index (χ0v) is 9.01. The van der Waals surface area contributed by atoms with Crippen molar-refractivity contribution in [3.63, 3.8) is 0 Å². The van der Waals surface area contributed by atoms with Crippen molar-refractivity contribution in [2.24, 2.45) is 0 Å². The van der Waals surface area contributed by atoms with Crippen LogP contribution in [-0.2, 0) is 23.8 Å². The second kappa shape index (κ2) is 3.18. The van der Waals surface area contributed by atoms with E-state index in [0.717, 1.165) is 0 Å². The highest BCUT2D eigenvalue weighted by Crippen LogP contribution is 2.49. The van der Waals surface area contributed by atoms with Gasteiger partial charge in [0, 0.05) is 13.8 Å². The third-order valence-corrected chi connectivity index (χ3v) is 3.15. The fraction of sp³-hybridized carbons (Fsp3) is 0.800. The molecule has 6 nitrogen and oxygen atoms in total. The number of amides is 1. The predicted octanol–water partition coefficient (Wildman–Crippen LogP) is -1.03. The number of fused-ring (bicyclic) bond motifs is 3. The normalized spacial score (nSPS) is 47.4. The summed E-state index contributed by atoms with van der Waals surface area (Å²) in [4.78, 5) is 22.1. The first kappa shape index (κ1) is 10.0. The summed E-state index contributed by atoms with van der Waals surface area (Å²) in [7, 11) is 0. The highest BCUT2D eigenvalue weighted by molar-refractivity contribution is 5.73. The zero-order chi connectivity index (χ0) is 11.4. The Bertz CT molecular complexity index is 323. The predicted molar refractivity (Wildman–Crippen MR) is 50.5 cm³/mol. The maximum absolute atomic E-state index is 11.1. The van der Waals surface area contributed by atoms with Gasteiger partial charge in [0.25, 0.3) is 0 Å². The van der Waals surface area contributed by atoms with Crippen LogP contribution in [0.4, 0.5) is 0 Å². The van der Waals surface area contributed by atoms with Crippen molar-refractivity contribution in [3.05, 3.63) is 0 Å². The van der Waals surface area contributed by atoms with Gasteiger partial charge in [0.05, 0.1) is 6.04 Å². The van der Waals surface area contributed by atoms with E-state index in [9.17, 15) is 9.59 Å². The molecule has 6 atom stereocenters. The topological polar surface area (TPSA) is 80.5 Å². The molecule has 1 aliphatic carbocycles. The van der Waals surface area contributed by atoms with Gasteiger partial charge in [0.1, 0.15) is 24.4 Å². The van der Waals surface area contributed by atoms with Crippen LogP contribution in [0.25, 0.3) is 0 Å². The fourth-order valence-corrected chi connectivity index (χ4v) is 2.48. The fourth-order valence-electron chi connectivity index (χ4n) is 2.48. The maximum atomic E-state index is 11.1. The van der Waals surface area contributed by atoms with Gasteiger partial charge >= 0.3 is 5.97 Å². The van der Waals surface area contributed by atoms with E-state index in [2.05, 4.69) is 5.32 Å². The molecule has 1 saturated carbocycles. The molecule has 0 spiro atoms. The van der Waals surface area contributed by atoms with Crippen LogP contribution in [0, 0.1) is 0 Å². The number of ether oxygens (including phenoxy) is 3. The summed E-state index contributed by atoms with van der Waals surface area (Å²) in [6.45, 7) is 2.78. The summed E-state index contributed by atoms with van der Waals surface area (Å²) in [5.74, 6) is -0.524. The maximum Gasteiger partial charge on any atom is 0.303 e. The molecule has 0 aromatic carbocycles. The summed E-state index contributed by atoms with van der Waals surface area (Å²) in [5.41, 5.74) is 0. The SMILES string of the molecule is CC(=O)N[C@@H]1[C@@H]2O[C@@H]2[C@H]2O[C@@H]2[C@H]1OC(C)=O. The number of carbonyl (C=O) groups excluding carboxylic acids is 2. The van der Waals surface area contributed by atoms with Gasteiger partial charge in [-0.3, -0.25) is 9.59 Å². The van der Waals surface area contributed by atoms with Gasteiger partial charge in [-0.25, -0.2) is 0 Å². The van der Waals surface area contributed by atoms with Crippen LogP contribution >= 0.6 is 0 Å². The Morgan fingerprint density at radius 1 is 1.06 bits per heavy atom. The molecule has 3 rings (SSSR count). The molecule has 0 aromatic rings. The lowest BCUT2D eigenvalue weighted by Gasteiger charge is -2.26. The van der Waals surface area contributed by atoms with Crippen LogP contribution in [0.15, 0.2) is 0 Å². The van der Waals surface area contributed by atoms with E-state index in [1.807, 2.05) is 0 Å². The first-order valence-corrected chi connectivity index (χ1v) is 5.33. The molecule has 0 bridgehead atoms. The molecule has 1 amide bonds. The molecule has 6 heteroatoms. The minimum Gasteiger partial charge on any atom is -0.457 e. The summed E-state index contributed by atoms with van der Waals surface area (Å²) < 4.78 is 16.0. The Hall–Kier alpha value is -1.14. The molecule has 0 radical (unpaired) electrons. The average Bonchev–Trinajstić information content (AvgIpc) is 2.95. The first-order valence-electron chi connectivity index (χ1n) is 5.33. The molecular formula is C10H13NO5. The molecule has 2 heterocycles. The van der Waals surface area contributed by atoms with Gasteiger partial charge in [0.15, 0.2) is 6.10 Å². The van der Waals surface area contributed by atoms with Crippen LogP contribution in [0.5, 0.6) is 0 Å². The molecule has 0 aromatic heterocycles. The summed E-state index contributed by atoms with van der Waals surface area (Å²) in [6.07, 6.45) is -0.510. The van der Waals surface area contributed by atoms with Crippen LogP contribution < -0.4 is 5.32 Å². The van der Waals surface area contributed by atoms with E-state index in [-0.39, 0.29) is 42.3 Å². The number of hydrogen-bond acceptors (Lipinski definition) is 5. The lowest BCUT2D eigenvalue weighted by Crippen LogP contribution is -2.53. The lowest BCUT2D eigenvalue weighted by atomic mass is 9.92. The van der Waals surface area contributed by atoms with Crippen LogP contribution in [-0.4, -0.2) is 48.4 Å². The van der Waals surface area contributed by atoms with Crippen molar-refractivity contribution >= 4 is 11.9 Å². The molecule has 1 N–H and O–H groups in total. The highest BCUT2D eigenvalue weighted by Gasteiger charge is 2.70. The van der Waals surface area contributed by atoms with E-state index in [4.69, 9.17) is 14.2 Å². The lowest BCUT2D eigenvalue weighted by molar-refractivity contribution is -0.150. The molecule has 2 aliphatic heterocycles. The summed E-state index contributed by atoms with van der Waals surface area (Å²) in [5, 5.41) is 2.76. The van der Waals surface area contributed by atoms with Gasteiger partial charge in [-0.1, -0.05) is 0 Å².